The van der Waals surface area contributed by atoms with Gasteiger partial charge in [0, 0.05) is 28.2 Å². The molecule has 4 rings (SSSR count). The van der Waals surface area contributed by atoms with Gasteiger partial charge in [-0.15, -0.1) is 0 Å². The van der Waals surface area contributed by atoms with E-state index in [1.54, 1.807) is 55.8 Å². The van der Waals surface area contributed by atoms with Crippen LogP contribution in [-0.4, -0.2) is 24.2 Å². The summed E-state index contributed by atoms with van der Waals surface area (Å²) >= 11 is 0. The number of ether oxygens (including phenoxy) is 1. The van der Waals surface area contributed by atoms with Crippen LogP contribution in [0, 0.1) is 5.41 Å². The lowest BCUT2D eigenvalue weighted by atomic mass is 9.98. The number of nitrogens with two attached hydrogens (primary N) is 2. The van der Waals surface area contributed by atoms with Gasteiger partial charge in [0.25, 0.3) is 5.91 Å². The Bertz CT molecular complexity index is 1270. The van der Waals surface area contributed by atoms with E-state index in [0.29, 0.717) is 34.1 Å². The van der Waals surface area contributed by atoms with Crippen molar-refractivity contribution in [2.45, 2.75) is 0 Å². The van der Waals surface area contributed by atoms with Crippen molar-refractivity contribution in [2.75, 3.05) is 23.9 Å². The third-order valence-corrected chi connectivity index (χ3v) is 4.62. The first kappa shape index (κ1) is 18.2. The van der Waals surface area contributed by atoms with Gasteiger partial charge in [-0.25, -0.2) is 9.98 Å². The zero-order chi connectivity index (χ0) is 20.5. The topological polar surface area (TPSA) is 139 Å². The number of carbonyl (C=O) groups is 1. The van der Waals surface area contributed by atoms with Crippen molar-refractivity contribution in [1.82, 2.24) is 4.98 Å². The van der Waals surface area contributed by atoms with Gasteiger partial charge in [-0.3, -0.25) is 4.79 Å². The lowest BCUT2D eigenvalue weighted by molar-refractivity contribution is 0.102. The maximum absolute atomic E-state index is 12.9. The molecule has 0 radical (unpaired) electrons. The Balaban J connectivity index is 1.74. The fourth-order valence-electron chi connectivity index (χ4n) is 3.08. The lowest BCUT2D eigenvalue weighted by Gasteiger charge is -2.15. The second kappa shape index (κ2) is 7.08. The van der Waals surface area contributed by atoms with Crippen LogP contribution in [0.5, 0.6) is 5.75 Å². The van der Waals surface area contributed by atoms with Gasteiger partial charge < -0.3 is 26.9 Å². The number of fused-ring (bicyclic) bond motifs is 1. The number of nitrogen functional groups attached to an aromatic ring is 2. The Kier molecular flexibility index (Phi) is 4.44. The molecular formula is C21H18N6O2. The molecule has 0 bridgehead atoms. The minimum atomic E-state index is -0.382. The van der Waals surface area contributed by atoms with Gasteiger partial charge in [-0.05, 0) is 42.5 Å². The first-order valence-corrected chi connectivity index (χ1v) is 8.74. The number of pyridine rings is 1. The largest absolute Gasteiger partial charge is 0.497 e. The van der Waals surface area contributed by atoms with E-state index >= 15 is 0 Å². The van der Waals surface area contributed by atoms with Crippen LogP contribution in [0.2, 0.25) is 0 Å². The number of amides is 1. The lowest BCUT2D eigenvalue weighted by Crippen LogP contribution is -2.36. The molecule has 0 saturated heterocycles. The minimum Gasteiger partial charge on any atom is -0.497 e. The molecule has 1 amide bonds. The van der Waals surface area contributed by atoms with Gasteiger partial charge in [0.1, 0.15) is 11.6 Å². The smallest absolute Gasteiger partial charge is 0.257 e. The normalized spacial score (nSPS) is 11.7. The molecule has 2 heterocycles. The molecule has 0 fully saturated rings. The molecule has 0 saturated carbocycles. The standard InChI is InChI=1S/C21H18N6O2/c1-29-14-4-2-13(3-5-14)26-21(28)16-7-11(6-12(9-22)19(16)24)20-15-8-18(23)25-10-17(15)27-20/h2-10,22H,24H2,1H3,(H2,23,25)(H,26,28). The SMILES string of the molecule is COc1ccc(NC(=O)c2cc(C3=c4cc(N)ncc4=N3)cc(C=N)c2N)cc1. The highest BCUT2D eigenvalue weighted by atomic mass is 16.5. The molecule has 8 nitrogen and oxygen atoms in total. The summed E-state index contributed by atoms with van der Waals surface area (Å²) in [5.74, 6) is 0.689. The predicted molar refractivity (Wildman–Crippen MR) is 112 cm³/mol. The van der Waals surface area contributed by atoms with E-state index in [4.69, 9.17) is 21.6 Å². The van der Waals surface area contributed by atoms with Crippen LogP contribution in [-0.2, 0) is 0 Å². The summed E-state index contributed by atoms with van der Waals surface area (Å²) in [6, 6.07) is 12.1. The van der Waals surface area contributed by atoms with Crippen LogP contribution in [0.3, 0.4) is 0 Å². The van der Waals surface area contributed by atoms with Gasteiger partial charge in [0.15, 0.2) is 0 Å². The Morgan fingerprint density at radius 1 is 1.17 bits per heavy atom. The van der Waals surface area contributed by atoms with Gasteiger partial charge in [-0.1, -0.05) is 0 Å². The number of nitrogens with zero attached hydrogens (tertiary/aromatic N) is 2. The number of anilines is 3. The van der Waals surface area contributed by atoms with Gasteiger partial charge in [-0.2, -0.15) is 0 Å². The first-order valence-electron chi connectivity index (χ1n) is 8.74. The van der Waals surface area contributed by atoms with E-state index in [0.717, 1.165) is 16.8 Å². The highest BCUT2D eigenvalue weighted by Crippen LogP contribution is 2.26. The zero-order valence-corrected chi connectivity index (χ0v) is 15.6. The minimum absolute atomic E-state index is 0.226. The quantitative estimate of drug-likeness (QED) is 0.386. The number of nitrogens with one attached hydrogen (secondary N) is 2. The van der Waals surface area contributed by atoms with Crippen LogP contribution >= 0.6 is 0 Å². The van der Waals surface area contributed by atoms with Crippen molar-refractivity contribution in [3.8, 4) is 5.75 Å². The van der Waals surface area contributed by atoms with Crippen molar-refractivity contribution in [1.29, 1.82) is 5.41 Å². The predicted octanol–water partition coefficient (Wildman–Crippen LogP) is 1.29. The average molecular weight is 386 g/mol. The molecule has 8 heteroatoms. The van der Waals surface area contributed by atoms with E-state index < -0.39 is 0 Å². The van der Waals surface area contributed by atoms with Crippen LogP contribution in [0.15, 0.2) is 53.7 Å². The monoisotopic (exact) mass is 386 g/mol. The average Bonchev–Trinajstić information content (AvgIpc) is 2.71. The van der Waals surface area contributed by atoms with E-state index in [-0.39, 0.29) is 17.2 Å². The first-order chi connectivity index (χ1) is 14.0. The molecule has 2 aromatic carbocycles. The molecule has 3 aromatic rings. The summed E-state index contributed by atoms with van der Waals surface area (Å²) < 4.78 is 5.12. The van der Waals surface area contributed by atoms with E-state index in [1.807, 2.05) is 0 Å². The molecular weight excluding hydrogens is 368 g/mol. The van der Waals surface area contributed by atoms with Gasteiger partial charge in [0.05, 0.1) is 35.6 Å². The highest BCUT2D eigenvalue weighted by molar-refractivity contribution is 6.10. The summed E-state index contributed by atoms with van der Waals surface area (Å²) in [7, 11) is 1.57. The summed E-state index contributed by atoms with van der Waals surface area (Å²) in [5, 5.41) is 12.0. The van der Waals surface area contributed by atoms with Crippen LogP contribution in [0.25, 0.3) is 5.70 Å². The fraction of sp³-hybridized carbons (Fsp3) is 0.0476. The van der Waals surface area contributed by atoms with Crippen molar-refractivity contribution in [2.24, 2.45) is 4.99 Å². The van der Waals surface area contributed by atoms with E-state index in [2.05, 4.69) is 15.3 Å². The molecule has 0 aliphatic carbocycles. The molecule has 6 N–H and O–H groups in total. The molecule has 0 unspecified atom stereocenters. The van der Waals surface area contributed by atoms with Crippen molar-refractivity contribution in [3.05, 3.63) is 75.9 Å². The Morgan fingerprint density at radius 3 is 2.62 bits per heavy atom. The second-order valence-electron chi connectivity index (χ2n) is 6.44. The van der Waals surface area contributed by atoms with Crippen LogP contribution < -0.4 is 32.1 Å². The maximum atomic E-state index is 12.9. The summed E-state index contributed by atoms with van der Waals surface area (Å²) in [5.41, 5.74) is 14.8. The van der Waals surface area contributed by atoms with Crippen molar-refractivity contribution >= 4 is 35.0 Å². The molecule has 0 atom stereocenters. The Labute approximate surface area is 166 Å². The Morgan fingerprint density at radius 2 is 1.93 bits per heavy atom. The summed E-state index contributed by atoms with van der Waals surface area (Å²) in [6.07, 6.45) is 2.71. The van der Waals surface area contributed by atoms with Gasteiger partial charge in [0.2, 0.25) is 0 Å². The highest BCUT2D eigenvalue weighted by Gasteiger charge is 2.19. The molecule has 1 aliphatic heterocycles. The summed E-state index contributed by atoms with van der Waals surface area (Å²) in [4.78, 5) is 21.3. The van der Waals surface area contributed by atoms with Gasteiger partial charge >= 0.3 is 0 Å². The molecule has 1 aromatic heterocycles. The summed E-state index contributed by atoms with van der Waals surface area (Å²) in [6.45, 7) is 0. The van der Waals surface area contributed by atoms with Crippen LogP contribution in [0.1, 0.15) is 21.5 Å². The second-order valence-corrected chi connectivity index (χ2v) is 6.44. The van der Waals surface area contributed by atoms with E-state index in [9.17, 15) is 4.79 Å². The van der Waals surface area contributed by atoms with Crippen molar-refractivity contribution in [3.63, 3.8) is 0 Å². The van der Waals surface area contributed by atoms with Crippen LogP contribution in [0.4, 0.5) is 17.2 Å². The van der Waals surface area contributed by atoms with Crippen molar-refractivity contribution < 1.29 is 9.53 Å². The number of carbonyl (C=O) groups excluding carboxylic acids is 1. The number of benzene rings is 2. The number of hydrogen-bond donors (Lipinski definition) is 4. The molecule has 144 valence electrons. The fourth-order valence-corrected chi connectivity index (χ4v) is 3.08. The maximum Gasteiger partial charge on any atom is 0.257 e. The Hall–Kier alpha value is -4.20. The molecule has 0 spiro atoms. The number of methoxy groups -OCH3 is 1. The number of hydrogen-bond acceptors (Lipinski definition) is 7. The third kappa shape index (κ3) is 3.27. The molecule has 29 heavy (non-hydrogen) atoms. The number of aromatic nitrogens is 1. The number of rotatable bonds is 5. The molecule has 1 aliphatic rings. The zero-order valence-electron chi connectivity index (χ0n) is 15.6. The van der Waals surface area contributed by atoms with E-state index in [1.165, 1.54) is 0 Å². The third-order valence-electron chi connectivity index (χ3n) is 4.62.